The molecule has 120 valence electrons. The van der Waals surface area contributed by atoms with Gasteiger partial charge in [0, 0.05) is 26.7 Å². The third-order valence-corrected chi connectivity index (χ3v) is 4.96. The van der Waals surface area contributed by atoms with Crippen molar-refractivity contribution in [1.82, 2.24) is 9.88 Å². The number of carbonyl (C=O) groups excluding carboxylic acids is 1. The molecule has 2 fully saturated rings. The van der Waals surface area contributed by atoms with Gasteiger partial charge in [-0.1, -0.05) is 12.8 Å². The van der Waals surface area contributed by atoms with E-state index in [1.165, 1.54) is 25.7 Å². The highest BCUT2D eigenvalue weighted by Crippen LogP contribution is 2.35. The number of carbonyl (C=O) groups is 1. The van der Waals surface area contributed by atoms with Crippen molar-refractivity contribution < 1.29 is 4.79 Å². The van der Waals surface area contributed by atoms with Crippen molar-refractivity contribution in [2.24, 2.45) is 5.92 Å². The first kappa shape index (κ1) is 15.1. The van der Waals surface area contributed by atoms with Gasteiger partial charge in [0.1, 0.15) is 5.82 Å². The molecule has 1 aromatic heterocycles. The monoisotopic (exact) mass is 302 g/mol. The summed E-state index contributed by atoms with van der Waals surface area (Å²) in [6.45, 7) is 0.885. The number of hydrogen-bond acceptors (Lipinski definition) is 3. The standard InChI is InChI=1S/C17H26N4O/c1-20(2)16-10-9-14(12-18-16)19-17(22)21-11-5-8-15(21)13-6-3-4-7-13/h9-10,12-13,15H,3-8,11H2,1-2H3,(H,19,22). The zero-order chi connectivity index (χ0) is 15.5. The van der Waals surface area contributed by atoms with E-state index < -0.39 is 0 Å². The number of pyridine rings is 1. The predicted octanol–water partition coefficient (Wildman–Crippen LogP) is 3.33. The van der Waals surface area contributed by atoms with Gasteiger partial charge in [-0.05, 0) is 43.7 Å². The lowest BCUT2D eigenvalue weighted by molar-refractivity contribution is 0.185. The van der Waals surface area contributed by atoms with Crippen LogP contribution in [0.15, 0.2) is 18.3 Å². The number of nitrogens with one attached hydrogen (secondary N) is 1. The highest BCUT2D eigenvalue weighted by Gasteiger charge is 2.35. The van der Waals surface area contributed by atoms with E-state index in [4.69, 9.17) is 0 Å². The number of likely N-dealkylation sites (tertiary alicyclic amines) is 1. The molecule has 2 aliphatic rings. The Morgan fingerprint density at radius 2 is 2.00 bits per heavy atom. The quantitative estimate of drug-likeness (QED) is 0.931. The van der Waals surface area contributed by atoms with Crippen molar-refractivity contribution in [3.63, 3.8) is 0 Å². The molecule has 3 rings (SSSR count). The van der Waals surface area contributed by atoms with E-state index in [9.17, 15) is 4.79 Å². The van der Waals surface area contributed by atoms with Gasteiger partial charge in [0.2, 0.25) is 0 Å². The van der Waals surface area contributed by atoms with Gasteiger partial charge in [0.25, 0.3) is 0 Å². The van der Waals surface area contributed by atoms with Gasteiger partial charge in [0.05, 0.1) is 11.9 Å². The van der Waals surface area contributed by atoms with Crippen molar-refractivity contribution in [3.8, 4) is 0 Å². The van der Waals surface area contributed by atoms with E-state index in [1.54, 1.807) is 6.20 Å². The molecule has 2 heterocycles. The summed E-state index contributed by atoms with van der Waals surface area (Å²) in [6.07, 6.45) is 9.25. The van der Waals surface area contributed by atoms with Gasteiger partial charge in [-0.2, -0.15) is 0 Å². The molecule has 0 aromatic carbocycles. The van der Waals surface area contributed by atoms with Crippen LogP contribution in [-0.2, 0) is 0 Å². The highest BCUT2D eigenvalue weighted by atomic mass is 16.2. The summed E-state index contributed by atoms with van der Waals surface area (Å²) < 4.78 is 0. The molecule has 2 amide bonds. The van der Waals surface area contributed by atoms with E-state index in [-0.39, 0.29) is 6.03 Å². The van der Waals surface area contributed by atoms with E-state index in [2.05, 4.69) is 15.2 Å². The lowest BCUT2D eigenvalue weighted by atomic mass is 9.96. The molecular weight excluding hydrogens is 276 g/mol. The van der Waals surface area contributed by atoms with Crippen molar-refractivity contribution >= 4 is 17.5 Å². The molecule has 0 radical (unpaired) electrons. The molecule has 22 heavy (non-hydrogen) atoms. The van der Waals surface area contributed by atoms with Gasteiger partial charge >= 0.3 is 6.03 Å². The Morgan fingerprint density at radius 1 is 1.23 bits per heavy atom. The fraction of sp³-hybridized carbons (Fsp3) is 0.647. The SMILES string of the molecule is CN(C)c1ccc(NC(=O)N2CCCC2C2CCCC2)cn1. The maximum atomic E-state index is 12.6. The molecule has 0 bridgehead atoms. The first-order valence-corrected chi connectivity index (χ1v) is 8.36. The fourth-order valence-corrected chi connectivity index (χ4v) is 3.80. The predicted molar refractivity (Wildman–Crippen MR) is 89.3 cm³/mol. The van der Waals surface area contributed by atoms with E-state index >= 15 is 0 Å². The molecule has 1 aliphatic heterocycles. The van der Waals surface area contributed by atoms with Crippen molar-refractivity contribution in [2.45, 2.75) is 44.6 Å². The molecule has 1 atom stereocenters. The normalized spacial score (nSPS) is 22.1. The molecule has 5 nitrogen and oxygen atoms in total. The number of nitrogens with zero attached hydrogens (tertiary/aromatic N) is 3. The zero-order valence-electron chi connectivity index (χ0n) is 13.6. The van der Waals surface area contributed by atoms with E-state index in [1.807, 2.05) is 31.1 Å². The van der Waals surface area contributed by atoms with Crippen molar-refractivity contribution in [3.05, 3.63) is 18.3 Å². The average molecular weight is 302 g/mol. The fourth-order valence-electron chi connectivity index (χ4n) is 3.80. The largest absolute Gasteiger partial charge is 0.363 e. The Balaban J connectivity index is 1.63. The Hall–Kier alpha value is -1.78. The summed E-state index contributed by atoms with van der Waals surface area (Å²) in [5, 5.41) is 3.01. The van der Waals surface area contributed by atoms with Gasteiger partial charge < -0.3 is 15.1 Å². The number of anilines is 2. The maximum Gasteiger partial charge on any atom is 0.322 e. The molecular formula is C17H26N4O. The summed E-state index contributed by atoms with van der Waals surface area (Å²) in [6, 6.07) is 4.32. The van der Waals surface area contributed by atoms with Crippen LogP contribution in [0.2, 0.25) is 0 Å². The van der Waals surface area contributed by atoms with Crippen LogP contribution in [0, 0.1) is 5.92 Å². The van der Waals surface area contributed by atoms with Gasteiger partial charge in [-0.3, -0.25) is 0 Å². The van der Waals surface area contributed by atoms with Gasteiger partial charge in [-0.15, -0.1) is 0 Å². The smallest absolute Gasteiger partial charge is 0.322 e. The second-order valence-electron chi connectivity index (χ2n) is 6.68. The Morgan fingerprint density at radius 3 is 2.64 bits per heavy atom. The Labute approximate surface area is 132 Å². The van der Waals surface area contributed by atoms with Crippen LogP contribution in [0.3, 0.4) is 0 Å². The lowest BCUT2D eigenvalue weighted by Gasteiger charge is -2.29. The number of amides is 2. The molecule has 1 aromatic rings. The van der Waals surface area contributed by atoms with Crippen LogP contribution in [0.4, 0.5) is 16.3 Å². The topological polar surface area (TPSA) is 48.5 Å². The summed E-state index contributed by atoms with van der Waals surface area (Å²) in [7, 11) is 3.91. The van der Waals surface area contributed by atoms with Crippen LogP contribution in [-0.4, -0.2) is 42.6 Å². The van der Waals surface area contributed by atoms with Gasteiger partial charge in [-0.25, -0.2) is 9.78 Å². The number of aromatic nitrogens is 1. The van der Waals surface area contributed by atoms with E-state index in [0.29, 0.717) is 12.0 Å². The minimum absolute atomic E-state index is 0.0359. The zero-order valence-corrected chi connectivity index (χ0v) is 13.6. The van der Waals surface area contributed by atoms with Crippen molar-refractivity contribution in [2.75, 3.05) is 30.9 Å². The minimum Gasteiger partial charge on any atom is -0.363 e. The first-order chi connectivity index (χ1) is 10.6. The molecule has 1 saturated heterocycles. The lowest BCUT2D eigenvalue weighted by Crippen LogP contribution is -2.41. The molecule has 0 spiro atoms. The molecule has 1 unspecified atom stereocenters. The van der Waals surface area contributed by atoms with Gasteiger partial charge in [0.15, 0.2) is 0 Å². The second-order valence-corrected chi connectivity index (χ2v) is 6.68. The number of rotatable bonds is 3. The molecule has 1 aliphatic carbocycles. The van der Waals surface area contributed by atoms with Crippen LogP contribution in [0.5, 0.6) is 0 Å². The molecule has 1 saturated carbocycles. The summed E-state index contributed by atoms with van der Waals surface area (Å²) in [5.74, 6) is 1.60. The Kier molecular flexibility index (Phi) is 4.50. The van der Waals surface area contributed by atoms with Crippen LogP contribution >= 0.6 is 0 Å². The first-order valence-electron chi connectivity index (χ1n) is 8.36. The summed E-state index contributed by atoms with van der Waals surface area (Å²) in [5.41, 5.74) is 0.771. The number of hydrogen-bond donors (Lipinski definition) is 1. The molecule has 1 N–H and O–H groups in total. The molecule has 5 heteroatoms. The maximum absolute atomic E-state index is 12.6. The highest BCUT2D eigenvalue weighted by molar-refractivity contribution is 5.89. The van der Waals surface area contributed by atoms with Crippen LogP contribution in [0.1, 0.15) is 38.5 Å². The van der Waals surface area contributed by atoms with Crippen LogP contribution < -0.4 is 10.2 Å². The van der Waals surface area contributed by atoms with E-state index in [0.717, 1.165) is 30.9 Å². The third kappa shape index (κ3) is 3.18. The third-order valence-electron chi connectivity index (χ3n) is 4.96. The summed E-state index contributed by atoms with van der Waals surface area (Å²) >= 11 is 0. The average Bonchev–Trinajstić information content (AvgIpc) is 3.18. The summed E-state index contributed by atoms with van der Waals surface area (Å²) in [4.78, 5) is 20.9. The van der Waals surface area contributed by atoms with Crippen molar-refractivity contribution in [1.29, 1.82) is 0 Å². The Bertz CT molecular complexity index is 508. The van der Waals surface area contributed by atoms with Crippen LogP contribution in [0.25, 0.3) is 0 Å². The second kappa shape index (κ2) is 6.55. The number of urea groups is 1. The minimum atomic E-state index is 0.0359.